The van der Waals surface area contributed by atoms with E-state index in [4.69, 9.17) is 22.4 Å². The summed E-state index contributed by atoms with van der Waals surface area (Å²) >= 11 is 1.52. The Morgan fingerprint density at radius 3 is 1.19 bits per heavy atom. The third-order valence-corrected chi connectivity index (χ3v) is 17.4. The summed E-state index contributed by atoms with van der Waals surface area (Å²) in [6.07, 6.45) is 2.02. The molecule has 3 atom stereocenters. The van der Waals surface area contributed by atoms with Crippen LogP contribution in [0.3, 0.4) is 0 Å². The Balaban J connectivity index is 0.000000129. The van der Waals surface area contributed by atoms with E-state index in [1.165, 1.54) is 83.2 Å². The molecule has 12 aromatic heterocycles. The van der Waals surface area contributed by atoms with Crippen molar-refractivity contribution >= 4 is 76.5 Å². The summed E-state index contributed by atoms with van der Waals surface area (Å²) in [6.45, 7) is 3.80. The van der Waals surface area contributed by atoms with E-state index >= 15 is 0 Å². The largest absolute Gasteiger partial charge is 0.458 e. The molecule has 15 rings (SSSR count). The van der Waals surface area contributed by atoms with Crippen molar-refractivity contribution in [2.45, 2.75) is 71.1 Å². The number of furan rings is 2. The molecule has 0 aliphatic heterocycles. The molecule has 0 spiro atoms. The maximum atomic E-state index is 12.8. The lowest BCUT2D eigenvalue weighted by Crippen LogP contribution is -2.26. The minimum Gasteiger partial charge on any atom is -0.458 e. The molecular formula is C62H58N18O14S. The molecule has 0 aliphatic carbocycles. The molecule has 486 valence electrons. The van der Waals surface area contributed by atoms with Crippen LogP contribution in [0.1, 0.15) is 81.0 Å². The standard InChI is InChI=1S/2C21H20N6O5.C20H18N6O4S/c2*1-11-4-5-15-12(6-11)7-16(31-15)14(28)8-17-23-18(32-24-17)10-27-20(29)19-13(9-22-27)25(2)21(30)26(19)3;1-24-12-9-21-26(19(28)18(12)25(2)20(24)29)10-17-22-16(23-30-17)8-13(27)15-7-11-5-3-4-6-14(11)31-15/h2*4-7,9,14,28H,8,10H2,1-3H3;3-7,9,13,27H,8,10H2,1-2H3/t2*14-;13-/m000/s1. The van der Waals surface area contributed by atoms with Gasteiger partial charge in [-0.1, -0.05) is 56.9 Å². The van der Waals surface area contributed by atoms with Crippen LogP contribution in [0.25, 0.3) is 65.1 Å². The number of aryl methyl sites for hydroxylation is 8. The second kappa shape index (κ2) is 24.8. The van der Waals surface area contributed by atoms with Gasteiger partial charge in [0.1, 0.15) is 71.1 Å². The van der Waals surface area contributed by atoms with Gasteiger partial charge >= 0.3 is 17.1 Å². The molecule has 33 heteroatoms. The molecule has 0 unspecified atom stereocenters. The number of aliphatic hydroxyl groups excluding tert-OH is 3. The zero-order valence-electron chi connectivity index (χ0n) is 52.0. The van der Waals surface area contributed by atoms with Crippen LogP contribution >= 0.6 is 11.3 Å². The van der Waals surface area contributed by atoms with Crippen LogP contribution in [0, 0.1) is 13.8 Å². The van der Waals surface area contributed by atoms with Gasteiger partial charge in [0.15, 0.2) is 17.5 Å². The van der Waals surface area contributed by atoms with E-state index in [0.717, 1.165) is 46.2 Å². The summed E-state index contributed by atoms with van der Waals surface area (Å²) in [4.78, 5) is 88.2. The molecule has 0 saturated heterocycles. The first kappa shape index (κ1) is 62.3. The molecule has 0 bridgehead atoms. The SMILES string of the molecule is Cc1ccc2oc([C@@H](O)Cc3noc(Cn4ncc5c(c4=O)n(C)c(=O)n5C)n3)cc2c1.Cc1ccc2oc([C@@H](O)Cc3noc(Cn4ncc5c(c4=O)n(C)c(=O)n5C)n3)cc2c1.Cn1c(=O)n(C)c2c(=O)n(Cc3nc(C[C@H](O)c4cc5ccccc5s4)no3)ncc21. The van der Waals surface area contributed by atoms with Gasteiger partial charge in [0, 0.05) is 81.9 Å². The van der Waals surface area contributed by atoms with Gasteiger partial charge in [-0.25, -0.2) is 28.4 Å². The van der Waals surface area contributed by atoms with E-state index in [1.54, 1.807) is 33.3 Å². The average molecular weight is 1310 g/mol. The van der Waals surface area contributed by atoms with Crippen molar-refractivity contribution in [2.75, 3.05) is 0 Å². The van der Waals surface area contributed by atoms with Gasteiger partial charge < -0.3 is 37.7 Å². The van der Waals surface area contributed by atoms with E-state index in [0.29, 0.717) is 45.1 Å². The van der Waals surface area contributed by atoms with Crippen molar-refractivity contribution in [1.29, 1.82) is 0 Å². The molecule has 0 aliphatic rings. The lowest BCUT2D eigenvalue weighted by atomic mass is 10.1. The highest BCUT2D eigenvalue weighted by Gasteiger charge is 2.24. The molecule has 0 fully saturated rings. The summed E-state index contributed by atoms with van der Waals surface area (Å²) < 4.78 is 39.6. The van der Waals surface area contributed by atoms with Crippen molar-refractivity contribution in [3.8, 4) is 0 Å². The average Bonchev–Trinajstić information content (AvgIpc) is 1.64. The molecule has 32 nitrogen and oxygen atoms in total. The Morgan fingerprint density at radius 1 is 0.442 bits per heavy atom. The fourth-order valence-corrected chi connectivity index (χ4v) is 12.1. The van der Waals surface area contributed by atoms with Gasteiger partial charge in [-0.2, -0.15) is 30.2 Å². The summed E-state index contributed by atoms with van der Waals surface area (Å²) in [5.74, 6) is 2.19. The van der Waals surface area contributed by atoms with Crippen molar-refractivity contribution in [1.82, 2.24) is 87.2 Å². The first-order valence-electron chi connectivity index (χ1n) is 29.4. The Labute approximate surface area is 535 Å². The molecule has 3 aromatic carbocycles. The predicted molar refractivity (Wildman–Crippen MR) is 341 cm³/mol. The maximum Gasteiger partial charge on any atom is 0.328 e. The Bertz CT molecular complexity index is 5560. The van der Waals surface area contributed by atoms with Gasteiger partial charge in [0.05, 0.1) is 41.2 Å². The zero-order valence-corrected chi connectivity index (χ0v) is 52.8. The number of thiophene rings is 1. The maximum absolute atomic E-state index is 12.8. The fourth-order valence-electron chi connectivity index (χ4n) is 11.1. The second-order valence-corrected chi connectivity index (χ2v) is 23.9. The van der Waals surface area contributed by atoms with Gasteiger partial charge in [-0.3, -0.25) is 41.8 Å². The van der Waals surface area contributed by atoms with Gasteiger partial charge in [0.25, 0.3) is 16.7 Å². The summed E-state index contributed by atoms with van der Waals surface area (Å²) in [6, 6.07) is 25.0. The van der Waals surface area contributed by atoms with Gasteiger partial charge in [0.2, 0.25) is 17.7 Å². The van der Waals surface area contributed by atoms with Crippen LogP contribution in [0.4, 0.5) is 0 Å². The smallest absolute Gasteiger partial charge is 0.328 e. The number of nitrogens with zero attached hydrogens (tertiary/aromatic N) is 18. The van der Waals surface area contributed by atoms with Gasteiger partial charge in [-0.15, -0.1) is 11.3 Å². The van der Waals surface area contributed by atoms with Crippen LogP contribution in [0.2, 0.25) is 0 Å². The molecule has 3 N–H and O–H groups in total. The van der Waals surface area contributed by atoms with Crippen molar-refractivity contribution in [3.63, 3.8) is 0 Å². The van der Waals surface area contributed by atoms with Crippen LogP contribution in [-0.2, 0) is 81.2 Å². The molecule has 0 amide bonds. The fraction of sp³-hybridized carbons (Fsp3) is 0.274. The van der Waals surface area contributed by atoms with Gasteiger partial charge in [-0.05, 0) is 67.8 Å². The van der Waals surface area contributed by atoms with E-state index in [2.05, 4.69) is 45.7 Å². The first-order valence-corrected chi connectivity index (χ1v) is 30.2. The summed E-state index contributed by atoms with van der Waals surface area (Å²) in [5.41, 5.74) is 3.38. The monoisotopic (exact) mass is 1310 g/mol. The van der Waals surface area contributed by atoms with Crippen LogP contribution in [-0.4, -0.2) is 102 Å². The Morgan fingerprint density at radius 2 is 0.811 bits per heavy atom. The molecule has 12 heterocycles. The number of aliphatic hydroxyl groups is 3. The zero-order chi connectivity index (χ0) is 66.8. The number of aromatic nitrogens is 18. The molecule has 95 heavy (non-hydrogen) atoms. The van der Waals surface area contributed by atoms with Crippen molar-refractivity contribution < 1.29 is 37.7 Å². The number of hydrogen-bond acceptors (Lipinski definition) is 24. The van der Waals surface area contributed by atoms with Crippen molar-refractivity contribution in [3.05, 3.63) is 223 Å². The Kier molecular flexibility index (Phi) is 16.3. The minimum atomic E-state index is -0.954. The van der Waals surface area contributed by atoms with Crippen molar-refractivity contribution in [2.24, 2.45) is 42.3 Å². The van der Waals surface area contributed by atoms with Crippen LogP contribution < -0.4 is 33.7 Å². The number of benzene rings is 3. The number of hydrogen-bond donors (Lipinski definition) is 3. The number of rotatable bonds is 15. The van der Waals surface area contributed by atoms with E-state index in [1.807, 2.05) is 80.6 Å². The summed E-state index contributed by atoms with van der Waals surface area (Å²) in [7, 11) is 9.34. The second-order valence-electron chi connectivity index (χ2n) is 22.8. The highest BCUT2D eigenvalue weighted by atomic mass is 32.1. The highest BCUT2D eigenvalue weighted by Crippen LogP contribution is 2.32. The Hall–Kier alpha value is -11.6. The molecular weight excluding hydrogens is 1250 g/mol. The van der Waals surface area contributed by atoms with E-state index in [9.17, 15) is 44.1 Å². The third-order valence-electron chi connectivity index (χ3n) is 16.1. The van der Waals surface area contributed by atoms with Crippen LogP contribution in [0.5, 0.6) is 0 Å². The molecule has 15 aromatic rings. The molecule has 0 radical (unpaired) electrons. The van der Waals surface area contributed by atoms with Crippen LogP contribution in [0.15, 0.2) is 149 Å². The molecule has 0 saturated carbocycles. The normalized spacial score (nSPS) is 12.7. The number of fused-ring (bicyclic) bond motifs is 6. The lowest BCUT2D eigenvalue weighted by molar-refractivity contribution is 0.149. The number of imidazole rings is 3. The summed E-state index contributed by atoms with van der Waals surface area (Å²) in [5, 5.41) is 58.6. The highest BCUT2D eigenvalue weighted by molar-refractivity contribution is 7.19. The van der Waals surface area contributed by atoms with E-state index in [-0.39, 0.29) is 102 Å². The quantitative estimate of drug-likeness (QED) is 0.132. The minimum absolute atomic E-state index is 0.0379. The lowest BCUT2D eigenvalue weighted by Gasteiger charge is -2.04. The first-order chi connectivity index (χ1) is 45.5. The topological polar surface area (TPSA) is 389 Å². The predicted octanol–water partition coefficient (Wildman–Crippen LogP) is 3.75. The third kappa shape index (κ3) is 11.9. The van der Waals surface area contributed by atoms with E-state index < -0.39 is 35.0 Å².